The van der Waals surface area contributed by atoms with Crippen LogP contribution in [0.4, 0.5) is 11.6 Å². The van der Waals surface area contributed by atoms with E-state index in [1.807, 2.05) is 6.07 Å². The smallest absolute Gasteiger partial charge is 0.239 e. The minimum Gasteiger partial charge on any atom is -0.480 e. The summed E-state index contributed by atoms with van der Waals surface area (Å²) in [5, 5.41) is 2.81. The molecule has 0 saturated carbocycles. The number of nitrogens with zero attached hydrogens (tertiary/aromatic N) is 5. The molecule has 1 aliphatic heterocycles. The van der Waals surface area contributed by atoms with Gasteiger partial charge in [-0.25, -0.2) is 4.98 Å². The van der Waals surface area contributed by atoms with Crippen LogP contribution in [0.3, 0.4) is 0 Å². The first-order valence-electron chi connectivity index (χ1n) is 7.89. The van der Waals surface area contributed by atoms with E-state index in [0.29, 0.717) is 18.2 Å². The highest BCUT2D eigenvalue weighted by Gasteiger charge is 2.20. The van der Waals surface area contributed by atoms with Crippen molar-refractivity contribution >= 4 is 33.5 Å². The lowest BCUT2D eigenvalue weighted by Gasteiger charge is -2.34. The molecular formula is C16H19BrN6O2. The fraction of sp³-hybridized carbons (Fsp3) is 0.375. The number of amides is 1. The van der Waals surface area contributed by atoms with Crippen molar-refractivity contribution in [3.63, 3.8) is 0 Å². The van der Waals surface area contributed by atoms with Crippen LogP contribution < -0.4 is 15.0 Å². The Morgan fingerprint density at radius 1 is 1.24 bits per heavy atom. The Kier molecular flexibility index (Phi) is 5.77. The van der Waals surface area contributed by atoms with Crippen molar-refractivity contribution in [2.75, 3.05) is 50.1 Å². The van der Waals surface area contributed by atoms with E-state index in [9.17, 15) is 4.79 Å². The van der Waals surface area contributed by atoms with Crippen LogP contribution in [0.2, 0.25) is 0 Å². The molecule has 25 heavy (non-hydrogen) atoms. The fourth-order valence-corrected chi connectivity index (χ4v) is 2.79. The summed E-state index contributed by atoms with van der Waals surface area (Å²) in [6, 6.07) is 3.61. The van der Waals surface area contributed by atoms with Gasteiger partial charge in [-0.05, 0) is 28.1 Å². The van der Waals surface area contributed by atoms with Gasteiger partial charge in [-0.1, -0.05) is 0 Å². The van der Waals surface area contributed by atoms with E-state index in [4.69, 9.17) is 4.74 Å². The van der Waals surface area contributed by atoms with Gasteiger partial charge in [0.15, 0.2) is 5.82 Å². The Labute approximate surface area is 154 Å². The minimum atomic E-state index is -0.0653. The molecule has 132 valence electrons. The lowest BCUT2D eigenvalue weighted by Crippen LogP contribution is -2.49. The van der Waals surface area contributed by atoms with Crippen LogP contribution in [0.15, 0.2) is 35.2 Å². The minimum absolute atomic E-state index is 0.0653. The van der Waals surface area contributed by atoms with Crippen molar-refractivity contribution in [3.8, 4) is 5.88 Å². The summed E-state index contributed by atoms with van der Waals surface area (Å²) < 4.78 is 5.99. The van der Waals surface area contributed by atoms with E-state index >= 15 is 0 Å². The maximum atomic E-state index is 12.1. The maximum Gasteiger partial charge on any atom is 0.239 e. The van der Waals surface area contributed by atoms with Gasteiger partial charge >= 0.3 is 0 Å². The Balaban J connectivity index is 1.48. The highest BCUT2D eigenvalue weighted by atomic mass is 79.9. The first kappa shape index (κ1) is 17.6. The second-order valence-electron chi connectivity index (χ2n) is 5.59. The van der Waals surface area contributed by atoms with Crippen molar-refractivity contribution in [1.29, 1.82) is 0 Å². The van der Waals surface area contributed by atoms with Gasteiger partial charge < -0.3 is 15.0 Å². The number of methoxy groups -OCH3 is 1. The molecule has 2 aromatic heterocycles. The van der Waals surface area contributed by atoms with Crippen molar-refractivity contribution in [1.82, 2.24) is 19.9 Å². The Bertz CT molecular complexity index is 719. The van der Waals surface area contributed by atoms with Crippen LogP contribution in [-0.4, -0.2) is 65.6 Å². The molecule has 0 atom stereocenters. The third-order valence-electron chi connectivity index (χ3n) is 3.87. The number of nitrogens with one attached hydrogen (secondary N) is 1. The van der Waals surface area contributed by atoms with Crippen molar-refractivity contribution in [3.05, 3.63) is 35.2 Å². The number of hydrogen-bond acceptors (Lipinski definition) is 7. The van der Waals surface area contributed by atoms with Gasteiger partial charge in [0.05, 0.1) is 26.0 Å². The summed E-state index contributed by atoms with van der Waals surface area (Å²) in [5.41, 5.74) is 0. The molecule has 8 nitrogen and oxygen atoms in total. The molecule has 1 amide bonds. The average molecular weight is 407 g/mol. The zero-order valence-corrected chi connectivity index (χ0v) is 15.4. The third kappa shape index (κ3) is 4.86. The molecule has 0 aliphatic carbocycles. The topological polar surface area (TPSA) is 83.5 Å². The van der Waals surface area contributed by atoms with Crippen LogP contribution in [0, 0.1) is 0 Å². The first-order valence-corrected chi connectivity index (χ1v) is 8.68. The van der Waals surface area contributed by atoms with Crippen LogP contribution >= 0.6 is 15.9 Å². The van der Waals surface area contributed by atoms with Gasteiger partial charge in [-0.2, -0.15) is 4.98 Å². The molecule has 1 aliphatic rings. The fourth-order valence-electron chi connectivity index (χ4n) is 2.56. The highest BCUT2D eigenvalue weighted by molar-refractivity contribution is 9.10. The van der Waals surface area contributed by atoms with Crippen LogP contribution in [-0.2, 0) is 4.79 Å². The van der Waals surface area contributed by atoms with Crippen LogP contribution in [0.5, 0.6) is 5.88 Å². The van der Waals surface area contributed by atoms with Gasteiger partial charge in [0, 0.05) is 36.8 Å². The number of rotatable bonds is 5. The van der Waals surface area contributed by atoms with E-state index < -0.39 is 0 Å². The van der Waals surface area contributed by atoms with E-state index in [2.05, 4.69) is 46.0 Å². The quantitative estimate of drug-likeness (QED) is 0.803. The molecule has 2 aromatic rings. The van der Waals surface area contributed by atoms with Gasteiger partial charge in [0.1, 0.15) is 5.82 Å². The third-order valence-corrected chi connectivity index (χ3v) is 4.34. The number of carbonyl (C=O) groups is 1. The Morgan fingerprint density at radius 2 is 2.04 bits per heavy atom. The summed E-state index contributed by atoms with van der Waals surface area (Å²) >= 11 is 3.32. The second-order valence-corrected chi connectivity index (χ2v) is 6.51. The largest absolute Gasteiger partial charge is 0.480 e. The Hall–Kier alpha value is -2.26. The molecular weight excluding hydrogens is 388 g/mol. The lowest BCUT2D eigenvalue weighted by molar-refractivity contribution is -0.117. The van der Waals surface area contributed by atoms with E-state index in [-0.39, 0.29) is 5.91 Å². The molecule has 1 N–H and O–H groups in total. The molecule has 0 unspecified atom stereocenters. The number of piperazine rings is 1. The lowest BCUT2D eigenvalue weighted by atomic mass is 10.3. The molecule has 0 radical (unpaired) electrons. The molecule has 1 saturated heterocycles. The van der Waals surface area contributed by atoms with Crippen LogP contribution in [0.25, 0.3) is 0 Å². The van der Waals surface area contributed by atoms with Crippen LogP contribution in [0.1, 0.15) is 0 Å². The standard InChI is InChI=1S/C16H19BrN6O2/c1-25-16-10-18-9-14(21-16)23-6-4-22(5-7-23)11-15(24)20-13-3-2-12(17)8-19-13/h2-3,8-10H,4-7,11H2,1H3,(H,19,20,24). The molecule has 9 heteroatoms. The SMILES string of the molecule is COc1cncc(N2CCN(CC(=O)Nc3ccc(Br)cn3)CC2)n1. The molecule has 3 rings (SSSR count). The number of halogens is 1. The van der Waals surface area contributed by atoms with Gasteiger partial charge in [-0.15, -0.1) is 0 Å². The predicted octanol–water partition coefficient (Wildman–Crippen LogP) is 1.40. The molecule has 3 heterocycles. The number of carbonyl (C=O) groups excluding carboxylic acids is 1. The average Bonchev–Trinajstić information content (AvgIpc) is 2.64. The normalized spacial score (nSPS) is 15.0. The number of hydrogen-bond donors (Lipinski definition) is 1. The number of pyridine rings is 1. The highest BCUT2D eigenvalue weighted by Crippen LogP contribution is 2.16. The van der Waals surface area contributed by atoms with E-state index in [0.717, 1.165) is 36.5 Å². The molecule has 0 spiro atoms. The zero-order valence-electron chi connectivity index (χ0n) is 13.9. The summed E-state index contributed by atoms with van der Waals surface area (Å²) in [5.74, 6) is 1.78. The number of aromatic nitrogens is 3. The van der Waals surface area contributed by atoms with E-state index in [1.54, 1.807) is 31.8 Å². The van der Waals surface area contributed by atoms with Gasteiger partial charge in [0.25, 0.3) is 0 Å². The summed E-state index contributed by atoms with van der Waals surface area (Å²) in [6.07, 6.45) is 4.97. The van der Waals surface area contributed by atoms with Crippen molar-refractivity contribution in [2.45, 2.75) is 0 Å². The second kappa shape index (κ2) is 8.21. The predicted molar refractivity (Wildman–Crippen MR) is 97.8 cm³/mol. The summed E-state index contributed by atoms with van der Waals surface area (Å²) in [7, 11) is 1.57. The summed E-state index contributed by atoms with van der Waals surface area (Å²) in [4.78, 5) is 29.1. The number of ether oxygens (including phenoxy) is 1. The monoisotopic (exact) mass is 406 g/mol. The summed E-state index contributed by atoms with van der Waals surface area (Å²) in [6.45, 7) is 3.47. The van der Waals surface area contributed by atoms with Gasteiger partial charge in [-0.3, -0.25) is 14.7 Å². The first-order chi connectivity index (χ1) is 12.1. The van der Waals surface area contributed by atoms with Gasteiger partial charge in [0.2, 0.25) is 11.8 Å². The van der Waals surface area contributed by atoms with Crippen molar-refractivity contribution in [2.24, 2.45) is 0 Å². The van der Waals surface area contributed by atoms with Crippen molar-refractivity contribution < 1.29 is 9.53 Å². The Morgan fingerprint density at radius 3 is 2.72 bits per heavy atom. The zero-order chi connectivity index (χ0) is 17.6. The molecule has 0 aromatic carbocycles. The number of anilines is 2. The van der Waals surface area contributed by atoms with E-state index in [1.165, 1.54) is 0 Å². The maximum absolute atomic E-state index is 12.1. The molecule has 0 bridgehead atoms. The molecule has 1 fully saturated rings.